The Hall–Kier alpha value is -2.03. The van der Waals surface area contributed by atoms with Crippen molar-refractivity contribution in [2.45, 2.75) is 64.5 Å². The number of carboxylic acid groups (broad SMARTS) is 1. The number of nitrogens with zero attached hydrogens (tertiary/aromatic N) is 1. The lowest BCUT2D eigenvalue weighted by atomic mass is 9.48. The minimum Gasteiger partial charge on any atom is -0.480 e. The number of amides is 1. The summed E-state index contributed by atoms with van der Waals surface area (Å²) in [6.45, 7) is 3.52. The second kappa shape index (κ2) is 6.70. The largest absolute Gasteiger partial charge is 0.480 e. The molecule has 6 nitrogen and oxygen atoms in total. The lowest BCUT2D eigenvalue weighted by Gasteiger charge is -2.59. The highest BCUT2D eigenvalue weighted by molar-refractivity contribution is 5.99. The second-order valence-electron chi connectivity index (χ2n) is 8.37. The van der Waals surface area contributed by atoms with Crippen LogP contribution in [-0.2, 0) is 9.59 Å². The zero-order valence-corrected chi connectivity index (χ0v) is 14.9. The zero-order valence-electron chi connectivity index (χ0n) is 14.9. The molecule has 2 atom stereocenters. The standard InChI is InChI=1S/C19H27N3O3/c1-11(18(24)25)22-17(23)16(9-20)10-21-12(2)19-6-13-3-14(7-19)5-15(4-13)8-19/h10-15,21H,3-8H2,1-2H3,(H,22,23)(H,24,25)/b16-10-. The van der Waals surface area contributed by atoms with Crippen LogP contribution in [0.4, 0.5) is 0 Å². The maximum Gasteiger partial charge on any atom is 0.325 e. The molecular weight excluding hydrogens is 318 g/mol. The number of carbonyl (C=O) groups is 2. The van der Waals surface area contributed by atoms with Gasteiger partial charge in [0, 0.05) is 12.2 Å². The van der Waals surface area contributed by atoms with Crippen molar-refractivity contribution in [1.82, 2.24) is 10.6 Å². The molecule has 25 heavy (non-hydrogen) atoms. The molecule has 0 aliphatic heterocycles. The van der Waals surface area contributed by atoms with Crippen LogP contribution in [0, 0.1) is 34.5 Å². The van der Waals surface area contributed by atoms with Crippen LogP contribution in [0.15, 0.2) is 11.8 Å². The highest BCUT2D eigenvalue weighted by atomic mass is 16.4. The van der Waals surface area contributed by atoms with Crippen LogP contribution in [0.5, 0.6) is 0 Å². The Labute approximate surface area is 148 Å². The first-order valence-electron chi connectivity index (χ1n) is 9.23. The molecule has 4 bridgehead atoms. The minimum absolute atomic E-state index is 0.0790. The van der Waals surface area contributed by atoms with Crippen molar-refractivity contribution in [2.24, 2.45) is 23.2 Å². The van der Waals surface area contributed by atoms with Gasteiger partial charge in [-0.25, -0.2) is 0 Å². The Morgan fingerprint density at radius 2 is 1.68 bits per heavy atom. The Morgan fingerprint density at radius 1 is 1.16 bits per heavy atom. The highest BCUT2D eigenvalue weighted by Crippen LogP contribution is 2.61. The van der Waals surface area contributed by atoms with Gasteiger partial charge in [-0.2, -0.15) is 5.26 Å². The molecule has 0 heterocycles. The fourth-order valence-electron chi connectivity index (χ4n) is 5.58. The van der Waals surface area contributed by atoms with Crippen molar-refractivity contribution in [3.05, 3.63) is 11.8 Å². The third-order valence-corrected chi connectivity index (χ3v) is 6.56. The van der Waals surface area contributed by atoms with E-state index in [1.165, 1.54) is 51.6 Å². The molecule has 0 aromatic rings. The maximum absolute atomic E-state index is 12.0. The van der Waals surface area contributed by atoms with Crippen LogP contribution in [0.1, 0.15) is 52.4 Å². The molecule has 0 saturated heterocycles. The topological polar surface area (TPSA) is 102 Å². The van der Waals surface area contributed by atoms with Crippen molar-refractivity contribution in [3.63, 3.8) is 0 Å². The Balaban J connectivity index is 1.65. The van der Waals surface area contributed by atoms with Gasteiger partial charge in [-0.05, 0) is 75.5 Å². The smallest absolute Gasteiger partial charge is 0.325 e. The van der Waals surface area contributed by atoms with Gasteiger partial charge in [-0.15, -0.1) is 0 Å². The summed E-state index contributed by atoms with van der Waals surface area (Å²) in [5.74, 6) is 0.752. The maximum atomic E-state index is 12.0. The molecule has 0 spiro atoms. The van der Waals surface area contributed by atoms with Gasteiger partial charge in [-0.1, -0.05) is 0 Å². The summed E-state index contributed by atoms with van der Waals surface area (Å²) in [7, 11) is 0. The van der Waals surface area contributed by atoms with Crippen molar-refractivity contribution in [2.75, 3.05) is 0 Å². The molecule has 1 amide bonds. The molecule has 4 aliphatic carbocycles. The number of nitriles is 1. The lowest BCUT2D eigenvalue weighted by molar-refractivity contribution is -0.140. The second-order valence-corrected chi connectivity index (χ2v) is 8.37. The van der Waals surface area contributed by atoms with E-state index in [0.717, 1.165) is 17.8 Å². The third-order valence-electron chi connectivity index (χ3n) is 6.56. The number of nitrogens with one attached hydrogen (secondary N) is 2. The van der Waals surface area contributed by atoms with Crippen LogP contribution in [-0.4, -0.2) is 29.1 Å². The van der Waals surface area contributed by atoms with Gasteiger partial charge in [0.15, 0.2) is 0 Å². The van der Waals surface area contributed by atoms with Gasteiger partial charge in [0.05, 0.1) is 0 Å². The summed E-state index contributed by atoms with van der Waals surface area (Å²) in [5.41, 5.74) is 0.195. The van der Waals surface area contributed by atoms with E-state index in [0.29, 0.717) is 0 Å². The Morgan fingerprint density at radius 3 is 2.12 bits per heavy atom. The first-order chi connectivity index (χ1) is 11.8. The summed E-state index contributed by atoms with van der Waals surface area (Å²) in [5, 5.41) is 23.7. The molecule has 4 aliphatic rings. The summed E-state index contributed by atoms with van der Waals surface area (Å²) in [6.07, 6.45) is 9.32. The number of rotatable bonds is 6. The van der Waals surface area contributed by atoms with E-state index in [4.69, 9.17) is 5.11 Å². The van der Waals surface area contributed by atoms with E-state index in [2.05, 4.69) is 17.6 Å². The lowest BCUT2D eigenvalue weighted by Crippen LogP contribution is -2.54. The van der Waals surface area contributed by atoms with Gasteiger partial charge in [0.1, 0.15) is 17.7 Å². The first-order valence-corrected chi connectivity index (χ1v) is 9.23. The molecular formula is C19H27N3O3. The summed E-state index contributed by atoms with van der Waals surface area (Å²) in [6, 6.07) is 1.05. The number of aliphatic carboxylic acids is 1. The van der Waals surface area contributed by atoms with Crippen LogP contribution >= 0.6 is 0 Å². The zero-order chi connectivity index (χ0) is 18.2. The Bertz CT molecular complexity index is 599. The average Bonchev–Trinajstić information content (AvgIpc) is 2.53. The summed E-state index contributed by atoms with van der Waals surface area (Å²) in [4.78, 5) is 22.9. The predicted octanol–water partition coefficient (Wildman–Crippen LogP) is 2.18. The van der Waals surface area contributed by atoms with E-state index in [9.17, 15) is 14.9 Å². The molecule has 2 unspecified atom stereocenters. The molecule has 3 N–H and O–H groups in total. The summed E-state index contributed by atoms with van der Waals surface area (Å²) >= 11 is 0. The van der Waals surface area contributed by atoms with Gasteiger partial charge in [-0.3, -0.25) is 9.59 Å². The molecule has 4 fully saturated rings. The quantitative estimate of drug-likeness (QED) is 0.506. The molecule has 136 valence electrons. The van der Waals surface area contributed by atoms with E-state index in [-0.39, 0.29) is 17.0 Å². The molecule has 4 rings (SSSR count). The Kier molecular flexibility index (Phi) is 4.77. The number of carboxylic acids is 1. The van der Waals surface area contributed by atoms with E-state index in [1.807, 2.05) is 6.07 Å². The van der Waals surface area contributed by atoms with E-state index < -0.39 is 17.9 Å². The van der Waals surface area contributed by atoms with Gasteiger partial charge >= 0.3 is 5.97 Å². The number of hydrogen-bond acceptors (Lipinski definition) is 4. The van der Waals surface area contributed by atoms with Gasteiger partial charge in [0.2, 0.25) is 0 Å². The average molecular weight is 345 g/mol. The van der Waals surface area contributed by atoms with Crippen LogP contribution in [0.2, 0.25) is 0 Å². The van der Waals surface area contributed by atoms with E-state index >= 15 is 0 Å². The monoisotopic (exact) mass is 345 g/mol. The van der Waals surface area contributed by atoms with Gasteiger partial charge < -0.3 is 15.7 Å². The molecule has 0 aromatic carbocycles. The van der Waals surface area contributed by atoms with Crippen molar-refractivity contribution < 1.29 is 14.7 Å². The molecule has 4 saturated carbocycles. The fraction of sp³-hybridized carbons (Fsp3) is 0.737. The highest BCUT2D eigenvalue weighted by Gasteiger charge is 2.53. The fourth-order valence-corrected chi connectivity index (χ4v) is 5.58. The number of hydrogen-bond donors (Lipinski definition) is 3. The molecule has 0 aromatic heterocycles. The molecule has 6 heteroatoms. The van der Waals surface area contributed by atoms with Crippen molar-refractivity contribution in [3.8, 4) is 6.07 Å². The minimum atomic E-state index is -1.12. The van der Waals surface area contributed by atoms with Gasteiger partial charge in [0.25, 0.3) is 5.91 Å². The van der Waals surface area contributed by atoms with Crippen LogP contribution in [0.3, 0.4) is 0 Å². The first kappa shape index (κ1) is 17.8. The summed E-state index contributed by atoms with van der Waals surface area (Å²) < 4.78 is 0. The van der Waals surface area contributed by atoms with Crippen LogP contribution in [0.25, 0.3) is 0 Å². The normalized spacial score (nSPS) is 35.6. The predicted molar refractivity (Wildman–Crippen MR) is 92.1 cm³/mol. The number of carbonyl (C=O) groups excluding carboxylic acids is 1. The molecule has 0 radical (unpaired) electrons. The van der Waals surface area contributed by atoms with Crippen molar-refractivity contribution >= 4 is 11.9 Å². The third kappa shape index (κ3) is 3.51. The van der Waals surface area contributed by atoms with E-state index in [1.54, 1.807) is 0 Å². The SMILES string of the molecule is CC(NC(=O)/C(C#N)=C\NC(C)C12CC3CC(CC(C3)C1)C2)C(=O)O. The van der Waals surface area contributed by atoms with Crippen molar-refractivity contribution in [1.29, 1.82) is 5.26 Å². The van der Waals surface area contributed by atoms with Crippen LogP contribution < -0.4 is 10.6 Å².